The van der Waals surface area contributed by atoms with Crippen LogP contribution in [0.25, 0.3) is 0 Å². The molecule has 0 fully saturated rings. The molecule has 0 saturated heterocycles. The molecule has 0 spiro atoms. The van der Waals surface area contributed by atoms with Crippen molar-refractivity contribution in [3.63, 3.8) is 0 Å². The Bertz CT molecular complexity index is 558. The number of carboxylic acid groups (broad SMARTS) is 1. The highest BCUT2D eigenvalue weighted by Crippen LogP contribution is 2.33. The van der Waals surface area contributed by atoms with Crippen LogP contribution in [0.4, 0.5) is 0 Å². The van der Waals surface area contributed by atoms with E-state index in [1.807, 2.05) is 26.0 Å². The van der Waals surface area contributed by atoms with Gasteiger partial charge < -0.3 is 9.52 Å². The Morgan fingerprint density at radius 2 is 2.00 bits per heavy atom. The second-order valence-corrected chi connectivity index (χ2v) is 4.81. The van der Waals surface area contributed by atoms with Gasteiger partial charge in [-0.25, -0.2) is 4.79 Å². The number of carboxylic acids is 1. The molecule has 4 heteroatoms. The van der Waals surface area contributed by atoms with Gasteiger partial charge in [0, 0.05) is 4.90 Å². The lowest BCUT2D eigenvalue weighted by molar-refractivity contribution is 0.0696. The zero-order valence-electron chi connectivity index (χ0n) is 9.56. The predicted molar refractivity (Wildman–Crippen MR) is 65.7 cm³/mol. The first-order valence-electron chi connectivity index (χ1n) is 5.14. The zero-order valence-corrected chi connectivity index (χ0v) is 10.4. The molecule has 0 aliphatic rings. The number of hydrogen-bond donors (Lipinski definition) is 1. The highest BCUT2D eigenvalue weighted by molar-refractivity contribution is 7.99. The van der Waals surface area contributed by atoms with Gasteiger partial charge in [-0.1, -0.05) is 11.8 Å². The maximum absolute atomic E-state index is 10.8. The summed E-state index contributed by atoms with van der Waals surface area (Å²) in [6.45, 7) is 3.81. The average molecular weight is 248 g/mol. The minimum Gasteiger partial charge on any atom is -0.478 e. The number of carbonyl (C=O) groups is 1. The molecule has 1 aromatic carbocycles. The molecule has 2 rings (SSSR count). The summed E-state index contributed by atoms with van der Waals surface area (Å²) in [4.78, 5) is 12.9. The van der Waals surface area contributed by atoms with Crippen LogP contribution < -0.4 is 0 Å². The monoisotopic (exact) mass is 248 g/mol. The van der Waals surface area contributed by atoms with Gasteiger partial charge in [0.1, 0.15) is 5.76 Å². The number of furan rings is 1. The van der Waals surface area contributed by atoms with Crippen molar-refractivity contribution in [3.05, 3.63) is 47.4 Å². The van der Waals surface area contributed by atoms with Crippen molar-refractivity contribution < 1.29 is 14.3 Å². The Balaban J connectivity index is 2.29. The molecule has 0 radical (unpaired) electrons. The lowest BCUT2D eigenvalue weighted by Gasteiger charge is -2.05. The molecular weight excluding hydrogens is 236 g/mol. The van der Waals surface area contributed by atoms with E-state index in [1.165, 1.54) is 0 Å². The highest BCUT2D eigenvalue weighted by atomic mass is 32.2. The van der Waals surface area contributed by atoms with Crippen molar-refractivity contribution in [3.8, 4) is 0 Å². The number of rotatable bonds is 3. The molecule has 1 N–H and O–H groups in total. The lowest BCUT2D eigenvalue weighted by atomic mass is 10.1. The molecule has 0 bridgehead atoms. The molecule has 88 valence electrons. The third-order valence-corrected chi connectivity index (χ3v) is 3.77. The Kier molecular flexibility index (Phi) is 3.24. The van der Waals surface area contributed by atoms with Gasteiger partial charge in [0.25, 0.3) is 0 Å². The smallest absolute Gasteiger partial charge is 0.335 e. The van der Waals surface area contributed by atoms with E-state index in [2.05, 4.69) is 0 Å². The van der Waals surface area contributed by atoms with Gasteiger partial charge in [-0.3, -0.25) is 0 Å². The van der Waals surface area contributed by atoms with Gasteiger partial charge in [0.15, 0.2) is 0 Å². The second-order valence-electron chi connectivity index (χ2n) is 3.73. The van der Waals surface area contributed by atoms with Crippen LogP contribution in [0, 0.1) is 13.8 Å². The van der Waals surface area contributed by atoms with Crippen LogP contribution in [-0.2, 0) is 0 Å². The molecule has 0 atom stereocenters. The fourth-order valence-corrected chi connectivity index (χ4v) is 2.40. The number of hydrogen-bond acceptors (Lipinski definition) is 3. The zero-order chi connectivity index (χ0) is 12.4. The Hall–Kier alpha value is -1.68. The van der Waals surface area contributed by atoms with Gasteiger partial charge in [0.2, 0.25) is 0 Å². The Morgan fingerprint density at radius 3 is 2.53 bits per heavy atom. The molecule has 1 heterocycles. The van der Waals surface area contributed by atoms with Crippen molar-refractivity contribution in [1.82, 2.24) is 0 Å². The van der Waals surface area contributed by atoms with E-state index in [0.717, 1.165) is 21.1 Å². The minimum atomic E-state index is -0.899. The molecule has 0 amide bonds. The summed E-state index contributed by atoms with van der Waals surface area (Å²) >= 11 is 1.58. The van der Waals surface area contributed by atoms with E-state index in [1.54, 1.807) is 30.2 Å². The summed E-state index contributed by atoms with van der Waals surface area (Å²) in [5.41, 5.74) is 1.27. The summed E-state index contributed by atoms with van der Waals surface area (Å²) < 4.78 is 5.22. The molecule has 2 aromatic rings. The Morgan fingerprint density at radius 1 is 1.24 bits per heavy atom. The standard InChI is InChI=1S/C13H12O3S/c1-8-7-10(13(14)15)3-4-11(8)17-12-5-6-16-9(12)2/h3-7H,1-2H3,(H,14,15). The van der Waals surface area contributed by atoms with Crippen LogP contribution in [0.2, 0.25) is 0 Å². The summed E-state index contributed by atoms with van der Waals surface area (Å²) in [5, 5.41) is 8.88. The third-order valence-electron chi connectivity index (χ3n) is 2.45. The van der Waals surface area contributed by atoms with E-state index in [9.17, 15) is 4.79 Å². The average Bonchev–Trinajstić information content (AvgIpc) is 2.67. The van der Waals surface area contributed by atoms with Crippen LogP contribution in [0.3, 0.4) is 0 Å². The fraction of sp³-hybridized carbons (Fsp3) is 0.154. The molecule has 0 unspecified atom stereocenters. The molecule has 0 aliphatic heterocycles. The first kappa shape index (κ1) is 11.8. The van der Waals surface area contributed by atoms with Gasteiger partial charge >= 0.3 is 5.97 Å². The predicted octanol–water partition coefficient (Wildman–Crippen LogP) is 3.75. The van der Waals surface area contributed by atoms with Crippen molar-refractivity contribution >= 4 is 17.7 Å². The van der Waals surface area contributed by atoms with Gasteiger partial charge in [-0.15, -0.1) is 0 Å². The number of aromatic carboxylic acids is 1. The molecule has 17 heavy (non-hydrogen) atoms. The number of aryl methyl sites for hydroxylation is 2. The van der Waals surface area contributed by atoms with E-state index < -0.39 is 5.97 Å². The molecular formula is C13H12O3S. The third kappa shape index (κ3) is 2.53. The van der Waals surface area contributed by atoms with E-state index in [0.29, 0.717) is 5.56 Å². The van der Waals surface area contributed by atoms with Gasteiger partial charge in [0.05, 0.1) is 16.7 Å². The summed E-state index contributed by atoms with van der Waals surface area (Å²) in [5.74, 6) is -0.0270. The van der Waals surface area contributed by atoms with E-state index >= 15 is 0 Å². The first-order valence-corrected chi connectivity index (χ1v) is 5.95. The van der Waals surface area contributed by atoms with E-state index in [4.69, 9.17) is 9.52 Å². The highest BCUT2D eigenvalue weighted by Gasteiger charge is 2.09. The normalized spacial score (nSPS) is 10.5. The van der Waals surface area contributed by atoms with Crippen molar-refractivity contribution in [2.45, 2.75) is 23.6 Å². The molecule has 3 nitrogen and oxygen atoms in total. The van der Waals surface area contributed by atoms with Crippen molar-refractivity contribution in [2.24, 2.45) is 0 Å². The van der Waals surface area contributed by atoms with Crippen LogP contribution in [0.1, 0.15) is 21.7 Å². The molecule has 0 saturated carbocycles. The number of benzene rings is 1. The first-order chi connectivity index (χ1) is 8.08. The van der Waals surface area contributed by atoms with E-state index in [-0.39, 0.29) is 0 Å². The SMILES string of the molecule is Cc1cc(C(=O)O)ccc1Sc1ccoc1C. The minimum absolute atomic E-state index is 0.316. The topological polar surface area (TPSA) is 50.4 Å². The largest absolute Gasteiger partial charge is 0.478 e. The quantitative estimate of drug-likeness (QED) is 0.898. The fourth-order valence-electron chi connectivity index (χ4n) is 1.49. The van der Waals surface area contributed by atoms with Crippen LogP contribution in [-0.4, -0.2) is 11.1 Å². The van der Waals surface area contributed by atoms with Crippen molar-refractivity contribution in [2.75, 3.05) is 0 Å². The second kappa shape index (κ2) is 4.67. The summed E-state index contributed by atoms with van der Waals surface area (Å²) in [7, 11) is 0. The van der Waals surface area contributed by atoms with Gasteiger partial charge in [-0.2, -0.15) is 0 Å². The summed E-state index contributed by atoms with van der Waals surface area (Å²) in [6.07, 6.45) is 1.65. The maximum atomic E-state index is 10.8. The van der Waals surface area contributed by atoms with Gasteiger partial charge in [-0.05, 0) is 43.7 Å². The van der Waals surface area contributed by atoms with Crippen molar-refractivity contribution in [1.29, 1.82) is 0 Å². The van der Waals surface area contributed by atoms with Crippen LogP contribution in [0.5, 0.6) is 0 Å². The lowest BCUT2D eigenvalue weighted by Crippen LogP contribution is -1.96. The summed E-state index contributed by atoms with van der Waals surface area (Å²) in [6, 6.07) is 7.04. The Labute approximate surface area is 103 Å². The van der Waals surface area contributed by atoms with Crippen LogP contribution >= 0.6 is 11.8 Å². The molecule has 0 aliphatic carbocycles. The van der Waals surface area contributed by atoms with Crippen LogP contribution in [0.15, 0.2) is 44.7 Å². The molecule has 1 aromatic heterocycles. The maximum Gasteiger partial charge on any atom is 0.335 e.